The molecule has 1 fully saturated rings. The number of ether oxygens (including phenoxy) is 1. The largest absolute Gasteiger partial charge is 0.481 e. The fourth-order valence-corrected chi connectivity index (χ4v) is 2.15. The van der Waals surface area contributed by atoms with E-state index in [0.29, 0.717) is 18.8 Å². The van der Waals surface area contributed by atoms with E-state index in [1.807, 2.05) is 13.8 Å². The molecule has 1 atom stereocenters. The van der Waals surface area contributed by atoms with E-state index in [-0.39, 0.29) is 24.6 Å². The molecule has 0 bridgehead atoms. The van der Waals surface area contributed by atoms with Crippen molar-refractivity contribution >= 4 is 11.9 Å². The van der Waals surface area contributed by atoms with Crippen molar-refractivity contribution in [3.8, 4) is 0 Å². The van der Waals surface area contributed by atoms with Gasteiger partial charge in [-0.15, -0.1) is 0 Å². The van der Waals surface area contributed by atoms with E-state index in [1.165, 1.54) is 0 Å². The van der Waals surface area contributed by atoms with Gasteiger partial charge in [-0.25, -0.2) is 0 Å². The van der Waals surface area contributed by atoms with Crippen molar-refractivity contribution < 1.29 is 24.0 Å². The molecular weight excluding hydrogens is 264 g/mol. The zero-order valence-corrected chi connectivity index (χ0v) is 11.5. The third kappa shape index (κ3) is 3.16. The van der Waals surface area contributed by atoms with Crippen molar-refractivity contribution in [3.05, 3.63) is 17.5 Å². The normalized spacial score (nSPS) is 22.1. The molecule has 1 unspecified atom stereocenters. The highest BCUT2D eigenvalue weighted by Crippen LogP contribution is 2.23. The summed E-state index contributed by atoms with van der Waals surface area (Å²) in [5.41, 5.74) is -0.704. The molecule has 1 aromatic heterocycles. The van der Waals surface area contributed by atoms with Crippen LogP contribution < -0.4 is 5.32 Å². The Hall–Kier alpha value is -1.89. The number of nitrogens with zero attached hydrogens (tertiary/aromatic N) is 1. The van der Waals surface area contributed by atoms with Gasteiger partial charge in [0, 0.05) is 18.6 Å². The molecule has 2 heterocycles. The molecule has 20 heavy (non-hydrogen) atoms. The summed E-state index contributed by atoms with van der Waals surface area (Å²) in [6.07, 6.45) is 0.299. The first-order valence-corrected chi connectivity index (χ1v) is 6.50. The average Bonchev–Trinajstić information content (AvgIpc) is 2.96. The number of rotatable bonds is 5. The molecule has 7 nitrogen and oxygen atoms in total. The fourth-order valence-electron chi connectivity index (χ4n) is 2.15. The topological polar surface area (TPSA) is 102 Å². The van der Waals surface area contributed by atoms with Crippen LogP contribution in [0.3, 0.4) is 0 Å². The van der Waals surface area contributed by atoms with E-state index in [9.17, 15) is 9.59 Å². The first-order valence-electron chi connectivity index (χ1n) is 6.50. The highest BCUT2D eigenvalue weighted by molar-refractivity contribution is 5.93. The van der Waals surface area contributed by atoms with Crippen molar-refractivity contribution in [2.45, 2.75) is 38.1 Å². The van der Waals surface area contributed by atoms with Gasteiger partial charge in [-0.05, 0) is 6.42 Å². The zero-order chi connectivity index (χ0) is 14.8. The van der Waals surface area contributed by atoms with E-state index < -0.39 is 17.4 Å². The van der Waals surface area contributed by atoms with Crippen molar-refractivity contribution in [2.75, 3.05) is 13.2 Å². The van der Waals surface area contributed by atoms with Crippen LogP contribution in [0.5, 0.6) is 0 Å². The van der Waals surface area contributed by atoms with E-state index in [2.05, 4.69) is 10.5 Å². The van der Waals surface area contributed by atoms with Gasteiger partial charge in [0.2, 0.25) is 0 Å². The van der Waals surface area contributed by atoms with Crippen LogP contribution in [0.1, 0.15) is 48.9 Å². The Balaban J connectivity index is 2.09. The minimum atomic E-state index is -0.973. The van der Waals surface area contributed by atoms with Crippen molar-refractivity contribution in [2.24, 2.45) is 0 Å². The summed E-state index contributed by atoms with van der Waals surface area (Å²) in [5, 5.41) is 15.4. The lowest BCUT2D eigenvalue weighted by Gasteiger charge is -2.26. The number of nitrogens with one attached hydrogen (secondary N) is 1. The maximum absolute atomic E-state index is 12.1. The standard InChI is InChI=1S/C13H18N2O5/c1-8(2)10-5-9(15-20-10)12(18)14-13(6-11(16)17)3-4-19-7-13/h5,8H,3-4,6-7H2,1-2H3,(H,14,18)(H,16,17). The molecule has 0 aromatic carbocycles. The molecule has 1 amide bonds. The van der Waals surface area contributed by atoms with Gasteiger partial charge in [0.05, 0.1) is 18.6 Å². The lowest BCUT2D eigenvalue weighted by Crippen LogP contribution is -2.50. The summed E-state index contributed by atoms with van der Waals surface area (Å²) in [6, 6.07) is 1.57. The Kier molecular flexibility index (Phi) is 4.08. The summed E-state index contributed by atoms with van der Waals surface area (Å²) >= 11 is 0. The van der Waals surface area contributed by atoms with Crippen LogP contribution in [-0.4, -0.2) is 40.9 Å². The smallest absolute Gasteiger partial charge is 0.305 e. The molecule has 0 saturated carbocycles. The number of amides is 1. The van der Waals surface area contributed by atoms with E-state index in [4.69, 9.17) is 14.4 Å². The molecule has 1 aliphatic rings. The predicted molar refractivity (Wildman–Crippen MR) is 68.5 cm³/mol. The van der Waals surface area contributed by atoms with E-state index in [1.54, 1.807) is 6.07 Å². The van der Waals surface area contributed by atoms with E-state index >= 15 is 0 Å². The minimum Gasteiger partial charge on any atom is -0.481 e. The molecule has 7 heteroatoms. The lowest BCUT2D eigenvalue weighted by molar-refractivity contribution is -0.138. The molecule has 2 rings (SSSR count). The van der Waals surface area contributed by atoms with Crippen LogP contribution in [0, 0.1) is 0 Å². The zero-order valence-electron chi connectivity index (χ0n) is 11.5. The van der Waals surface area contributed by atoms with Gasteiger partial charge in [0.25, 0.3) is 5.91 Å². The number of hydrogen-bond donors (Lipinski definition) is 2. The second-order valence-electron chi connectivity index (χ2n) is 5.38. The average molecular weight is 282 g/mol. The van der Waals surface area contributed by atoms with E-state index in [0.717, 1.165) is 0 Å². The van der Waals surface area contributed by atoms with Crippen molar-refractivity contribution in [1.82, 2.24) is 10.5 Å². The summed E-state index contributed by atoms with van der Waals surface area (Å²) in [6.45, 7) is 4.49. The number of aliphatic carboxylic acids is 1. The summed E-state index contributed by atoms with van der Waals surface area (Å²) in [5.74, 6) is -0.664. The minimum absolute atomic E-state index is 0.131. The first-order chi connectivity index (χ1) is 9.42. The number of carbonyl (C=O) groups excluding carboxylic acids is 1. The SMILES string of the molecule is CC(C)c1cc(C(=O)NC2(CC(=O)O)CCOC2)no1. The van der Waals surface area contributed by atoms with Crippen molar-refractivity contribution in [3.63, 3.8) is 0 Å². The fraction of sp³-hybridized carbons (Fsp3) is 0.615. The number of aromatic nitrogens is 1. The first kappa shape index (κ1) is 14.5. The molecule has 1 aliphatic heterocycles. The third-order valence-electron chi connectivity index (χ3n) is 3.30. The Bertz CT molecular complexity index is 503. The molecule has 0 spiro atoms. The van der Waals surface area contributed by atoms with Gasteiger partial charge in [0.15, 0.2) is 5.69 Å². The molecule has 1 saturated heterocycles. The number of carboxylic acid groups (broad SMARTS) is 1. The number of carbonyl (C=O) groups is 2. The quantitative estimate of drug-likeness (QED) is 0.840. The lowest BCUT2D eigenvalue weighted by atomic mass is 9.94. The number of carboxylic acids is 1. The number of hydrogen-bond acceptors (Lipinski definition) is 5. The summed E-state index contributed by atoms with van der Waals surface area (Å²) in [7, 11) is 0. The third-order valence-corrected chi connectivity index (χ3v) is 3.30. The Morgan fingerprint density at radius 3 is 2.80 bits per heavy atom. The molecular formula is C13H18N2O5. The maximum Gasteiger partial charge on any atom is 0.305 e. The second-order valence-corrected chi connectivity index (χ2v) is 5.38. The van der Waals surface area contributed by atoms with Gasteiger partial charge >= 0.3 is 5.97 Å². The van der Waals surface area contributed by atoms with Gasteiger partial charge in [-0.3, -0.25) is 9.59 Å². The van der Waals surface area contributed by atoms with Gasteiger partial charge in [0.1, 0.15) is 5.76 Å². The monoisotopic (exact) mass is 282 g/mol. The van der Waals surface area contributed by atoms with Crippen molar-refractivity contribution in [1.29, 1.82) is 0 Å². The molecule has 0 radical (unpaired) electrons. The maximum atomic E-state index is 12.1. The summed E-state index contributed by atoms with van der Waals surface area (Å²) < 4.78 is 10.3. The van der Waals surface area contributed by atoms with Crippen LogP contribution >= 0.6 is 0 Å². The molecule has 1 aromatic rings. The molecule has 2 N–H and O–H groups in total. The Morgan fingerprint density at radius 1 is 1.55 bits per heavy atom. The molecule has 110 valence electrons. The molecule has 0 aliphatic carbocycles. The summed E-state index contributed by atoms with van der Waals surface area (Å²) in [4.78, 5) is 23.1. The van der Waals surface area contributed by atoms with Crippen LogP contribution in [0.4, 0.5) is 0 Å². The van der Waals surface area contributed by atoms with Crippen LogP contribution in [0.2, 0.25) is 0 Å². The predicted octanol–water partition coefficient (Wildman–Crippen LogP) is 1.16. The van der Waals surface area contributed by atoms with Crippen LogP contribution in [-0.2, 0) is 9.53 Å². The van der Waals surface area contributed by atoms with Crippen LogP contribution in [0.25, 0.3) is 0 Å². The Labute approximate surface area is 116 Å². The van der Waals surface area contributed by atoms with Gasteiger partial charge < -0.3 is 19.7 Å². The van der Waals surface area contributed by atoms with Gasteiger partial charge in [-0.1, -0.05) is 19.0 Å². The van der Waals surface area contributed by atoms with Crippen LogP contribution in [0.15, 0.2) is 10.6 Å². The second kappa shape index (κ2) is 5.62. The highest BCUT2D eigenvalue weighted by Gasteiger charge is 2.39. The highest BCUT2D eigenvalue weighted by atomic mass is 16.5. The Morgan fingerprint density at radius 2 is 2.30 bits per heavy atom. The van der Waals surface area contributed by atoms with Gasteiger partial charge in [-0.2, -0.15) is 0 Å².